The van der Waals surface area contributed by atoms with E-state index in [0.717, 1.165) is 15.2 Å². The minimum Gasteiger partial charge on any atom is -0.456 e. The lowest BCUT2D eigenvalue weighted by atomic mass is 10.3. The molecule has 86 valence electrons. The Morgan fingerprint density at radius 1 is 1.24 bits per heavy atom. The lowest BCUT2D eigenvalue weighted by Gasteiger charge is -1.96. The number of hydrogen-bond acceptors (Lipinski definition) is 4. The highest BCUT2D eigenvalue weighted by molar-refractivity contribution is 7.21. The van der Waals surface area contributed by atoms with Gasteiger partial charge in [-0.15, -0.1) is 11.3 Å². The maximum absolute atomic E-state index is 9.41. The Hall–Kier alpha value is -1.65. The smallest absolute Gasteiger partial charge is 0.163 e. The predicted molar refractivity (Wildman–Crippen MR) is 68.0 cm³/mol. The van der Waals surface area contributed by atoms with Crippen LogP contribution in [0, 0.1) is 0 Å². The number of nitrogens with zero attached hydrogens (tertiary/aromatic N) is 1. The number of benzene rings is 1. The molecule has 0 saturated carbocycles. The van der Waals surface area contributed by atoms with Crippen LogP contribution in [-0.4, -0.2) is 10.1 Å². The fraction of sp³-hybridized carbons (Fsp3) is 0.154. The third-order valence-corrected chi connectivity index (χ3v) is 3.59. The van der Waals surface area contributed by atoms with Crippen molar-refractivity contribution in [3.63, 3.8) is 0 Å². The number of rotatable bonds is 2. The van der Waals surface area contributed by atoms with Crippen molar-refractivity contribution < 1.29 is 9.52 Å². The van der Waals surface area contributed by atoms with Gasteiger partial charge in [0.15, 0.2) is 10.8 Å². The number of hydrogen-bond donors (Lipinski definition) is 1. The van der Waals surface area contributed by atoms with Gasteiger partial charge >= 0.3 is 0 Å². The molecule has 0 bridgehead atoms. The highest BCUT2D eigenvalue weighted by Crippen LogP contribution is 2.32. The van der Waals surface area contributed by atoms with Crippen LogP contribution in [0.15, 0.2) is 40.8 Å². The fourth-order valence-corrected chi connectivity index (χ4v) is 2.60. The molecule has 0 amide bonds. The van der Waals surface area contributed by atoms with E-state index in [-0.39, 0.29) is 0 Å². The minimum absolute atomic E-state index is 0.569. The second-order valence-electron chi connectivity index (χ2n) is 3.86. The number of aromatic nitrogens is 1. The van der Waals surface area contributed by atoms with E-state index in [1.54, 1.807) is 24.3 Å². The first-order chi connectivity index (χ1) is 8.24. The highest BCUT2D eigenvalue weighted by atomic mass is 32.1. The van der Waals surface area contributed by atoms with Crippen LogP contribution >= 0.6 is 11.3 Å². The summed E-state index contributed by atoms with van der Waals surface area (Å²) in [5.41, 5.74) is 0.975. The van der Waals surface area contributed by atoms with Gasteiger partial charge in [-0.1, -0.05) is 12.1 Å². The van der Waals surface area contributed by atoms with Gasteiger partial charge in [0.1, 0.15) is 11.9 Å². The van der Waals surface area contributed by atoms with Crippen molar-refractivity contribution in [3.05, 3.63) is 42.2 Å². The summed E-state index contributed by atoms with van der Waals surface area (Å²) in [7, 11) is 0. The van der Waals surface area contributed by atoms with Crippen molar-refractivity contribution in [2.24, 2.45) is 0 Å². The van der Waals surface area contributed by atoms with Crippen molar-refractivity contribution in [1.82, 2.24) is 4.98 Å². The van der Waals surface area contributed by atoms with Gasteiger partial charge in [0.2, 0.25) is 0 Å². The zero-order valence-corrected chi connectivity index (χ0v) is 10.1. The van der Waals surface area contributed by atoms with E-state index in [4.69, 9.17) is 4.42 Å². The molecule has 17 heavy (non-hydrogen) atoms. The van der Waals surface area contributed by atoms with E-state index in [2.05, 4.69) is 4.98 Å². The van der Waals surface area contributed by atoms with Gasteiger partial charge in [-0.2, -0.15) is 0 Å². The second-order valence-corrected chi connectivity index (χ2v) is 4.90. The number of aliphatic hydroxyl groups excluding tert-OH is 1. The topological polar surface area (TPSA) is 46.3 Å². The van der Waals surface area contributed by atoms with E-state index >= 15 is 0 Å². The van der Waals surface area contributed by atoms with Gasteiger partial charge in [0.25, 0.3) is 0 Å². The number of thiazole rings is 1. The molecule has 3 rings (SSSR count). The molecule has 0 radical (unpaired) electrons. The number of fused-ring (bicyclic) bond motifs is 1. The second kappa shape index (κ2) is 3.98. The molecule has 3 aromatic rings. The van der Waals surface area contributed by atoms with E-state index in [9.17, 15) is 5.11 Å². The first kappa shape index (κ1) is 10.5. The summed E-state index contributed by atoms with van der Waals surface area (Å²) in [4.78, 5) is 4.50. The van der Waals surface area contributed by atoms with Crippen molar-refractivity contribution in [3.8, 4) is 10.8 Å². The molecule has 0 saturated heterocycles. The molecule has 4 heteroatoms. The van der Waals surface area contributed by atoms with E-state index in [1.165, 1.54) is 0 Å². The molecule has 0 spiro atoms. The summed E-state index contributed by atoms with van der Waals surface area (Å²) in [5, 5.41) is 10.3. The van der Waals surface area contributed by atoms with Crippen molar-refractivity contribution in [2.75, 3.05) is 0 Å². The molecule has 1 aromatic carbocycles. The summed E-state index contributed by atoms with van der Waals surface area (Å²) >= 11 is 1.59. The van der Waals surface area contributed by atoms with Crippen molar-refractivity contribution in [2.45, 2.75) is 13.0 Å². The quantitative estimate of drug-likeness (QED) is 0.750. The van der Waals surface area contributed by atoms with Gasteiger partial charge in [-0.05, 0) is 31.2 Å². The highest BCUT2D eigenvalue weighted by Gasteiger charge is 2.12. The van der Waals surface area contributed by atoms with Crippen LogP contribution in [0.25, 0.3) is 21.0 Å². The van der Waals surface area contributed by atoms with Gasteiger partial charge in [-0.3, -0.25) is 0 Å². The Morgan fingerprint density at radius 3 is 2.76 bits per heavy atom. The summed E-state index contributed by atoms with van der Waals surface area (Å²) in [6, 6.07) is 11.6. The third-order valence-electron chi connectivity index (χ3n) is 2.54. The molecule has 1 atom stereocenters. The van der Waals surface area contributed by atoms with Crippen LogP contribution in [0.2, 0.25) is 0 Å². The largest absolute Gasteiger partial charge is 0.456 e. The molecule has 0 fully saturated rings. The van der Waals surface area contributed by atoms with Crippen molar-refractivity contribution >= 4 is 21.6 Å². The normalized spacial score (nSPS) is 13.1. The lowest BCUT2D eigenvalue weighted by Crippen LogP contribution is -1.85. The molecule has 0 unspecified atom stereocenters. The Balaban J connectivity index is 2.07. The van der Waals surface area contributed by atoms with Gasteiger partial charge < -0.3 is 9.52 Å². The Bertz CT molecular complexity index is 621. The molecule has 2 heterocycles. The third kappa shape index (κ3) is 1.85. The Labute approximate surface area is 102 Å². The zero-order chi connectivity index (χ0) is 11.8. The number of aliphatic hydroxyl groups is 1. The molecule has 2 aromatic heterocycles. The average molecular weight is 245 g/mol. The first-order valence-electron chi connectivity index (χ1n) is 5.38. The van der Waals surface area contributed by atoms with Crippen LogP contribution in [0.4, 0.5) is 0 Å². The maximum Gasteiger partial charge on any atom is 0.163 e. The van der Waals surface area contributed by atoms with Crippen LogP contribution in [-0.2, 0) is 0 Å². The van der Waals surface area contributed by atoms with Crippen molar-refractivity contribution in [1.29, 1.82) is 0 Å². The summed E-state index contributed by atoms with van der Waals surface area (Å²) in [5.74, 6) is 1.28. The monoisotopic (exact) mass is 245 g/mol. The Kier molecular flexibility index (Phi) is 2.46. The standard InChI is InChI=1S/C13H11NO2S/c1-8(15)10-6-7-11(16-10)13-14-9-4-2-3-5-12(9)17-13/h2-8,15H,1H3/t8-/m1/s1. The van der Waals surface area contributed by atoms with Gasteiger partial charge in [0, 0.05) is 0 Å². The fourth-order valence-electron chi connectivity index (χ4n) is 1.67. The van der Waals surface area contributed by atoms with E-state index in [0.29, 0.717) is 11.5 Å². The molecular weight excluding hydrogens is 234 g/mol. The Morgan fingerprint density at radius 2 is 2.06 bits per heavy atom. The molecule has 0 aliphatic carbocycles. The molecule has 1 N–H and O–H groups in total. The predicted octanol–water partition coefficient (Wildman–Crippen LogP) is 3.61. The van der Waals surface area contributed by atoms with Crippen LogP contribution in [0.3, 0.4) is 0 Å². The minimum atomic E-state index is -0.585. The molecular formula is C13H11NO2S. The molecule has 0 aliphatic rings. The number of para-hydroxylation sites is 1. The van der Waals surface area contributed by atoms with Gasteiger partial charge in [0.05, 0.1) is 10.2 Å². The summed E-state index contributed by atoms with van der Waals surface area (Å²) in [6.07, 6.45) is -0.585. The summed E-state index contributed by atoms with van der Waals surface area (Å²) < 4.78 is 6.70. The average Bonchev–Trinajstić information content (AvgIpc) is 2.95. The zero-order valence-electron chi connectivity index (χ0n) is 9.25. The number of furan rings is 1. The lowest BCUT2D eigenvalue weighted by molar-refractivity contribution is 0.170. The van der Waals surface area contributed by atoms with Crippen LogP contribution in [0.1, 0.15) is 18.8 Å². The maximum atomic E-state index is 9.41. The van der Waals surface area contributed by atoms with Gasteiger partial charge in [-0.25, -0.2) is 4.98 Å². The van der Waals surface area contributed by atoms with E-state index in [1.807, 2.05) is 30.3 Å². The SMILES string of the molecule is C[C@@H](O)c1ccc(-c2nc3ccccc3s2)o1. The molecule has 3 nitrogen and oxygen atoms in total. The van der Waals surface area contributed by atoms with Crippen LogP contribution < -0.4 is 0 Å². The van der Waals surface area contributed by atoms with E-state index < -0.39 is 6.10 Å². The summed E-state index contributed by atoms with van der Waals surface area (Å²) in [6.45, 7) is 1.68. The first-order valence-corrected chi connectivity index (χ1v) is 6.19. The molecule has 0 aliphatic heterocycles. The van der Waals surface area contributed by atoms with Crippen LogP contribution in [0.5, 0.6) is 0 Å².